The van der Waals surface area contributed by atoms with Gasteiger partial charge in [0.05, 0.1) is 0 Å². The highest BCUT2D eigenvalue weighted by atomic mass is 15.1. The average Bonchev–Trinajstić information content (AvgIpc) is 2.59. The Morgan fingerprint density at radius 1 is 1.53 bits per heavy atom. The highest BCUT2D eigenvalue weighted by molar-refractivity contribution is 5.10. The van der Waals surface area contributed by atoms with Crippen molar-refractivity contribution in [3.05, 3.63) is 17.7 Å². The maximum atomic E-state index is 4.56. The molecule has 0 bridgehead atoms. The van der Waals surface area contributed by atoms with Crippen molar-refractivity contribution in [3.63, 3.8) is 0 Å². The van der Waals surface area contributed by atoms with Crippen molar-refractivity contribution in [2.45, 2.75) is 38.6 Å². The predicted octanol–water partition coefficient (Wildman–Crippen LogP) is 1.88. The third-order valence-corrected chi connectivity index (χ3v) is 3.23. The summed E-state index contributed by atoms with van der Waals surface area (Å²) in [6, 6.07) is 0.647. The minimum absolute atomic E-state index is 0.647. The van der Waals surface area contributed by atoms with E-state index < -0.39 is 0 Å². The van der Waals surface area contributed by atoms with E-state index in [1.54, 1.807) is 0 Å². The van der Waals surface area contributed by atoms with E-state index >= 15 is 0 Å². The number of hydrogen-bond acceptors (Lipinski definition) is 2. The second-order valence-electron chi connectivity index (χ2n) is 4.83. The van der Waals surface area contributed by atoms with E-state index in [9.17, 15) is 0 Å². The molecule has 1 aromatic heterocycles. The molecular formula is C12H21N3. The Bertz CT molecular complexity index is 328. The molecule has 15 heavy (non-hydrogen) atoms. The molecule has 0 aromatic carbocycles. The third kappa shape index (κ3) is 2.23. The van der Waals surface area contributed by atoms with Crippen molar-refractivity contribution < 1.29 is 0 Å². The van der Waals surface area contributed by atoms with Crippen LogP contribution in [0.25, 0.3) is 0 Å². The van der Waals surface area contributed by atoms with Gasteiger partial charge in [0.1, 0.15) is 5.82 Å². The topological polar surface area (TPSA) is 21.1 Å². The molecule has 0 amide bonds. The monoisotopic (exact) mass is 207 g/mol. The highest BCUT2D eigenvalue weighted by Gasteiger charge is 2.19. The second-order valence-corrected chi connectivity index (χ2v) is 4.83. The van der Waals surface area contributed by atoms with Gasteiger partial charge in [-0.3, -0.25) is 0 Å². The number of nitrogens with zero attached hydrogens (tertiary/aromatic N) is 3. The van der Waals surface area contributed by atoms with Crippen LogP contribution >= 0.6 is 0 Å². The Balaban J connectivity index is 2.14. The summed E-state index contributed by atoms with van der Waals surface area (Å²) in [5.41, 5.74) is 1.43. The molecule has 0 fully saturated rings. The van der Waals surface area contributed by atoms with Crippen molar-refractivity contribution in [3.8, 4) is 0 Å². The molecular weight excluding hydrogens is 186 g/mol. The van der Waals surface area contributed by atoms with Crippen LogP contribution in [0.3, 0.4) is 0 Å². The lowest BCUT2D eigenvalue weighted by Gasteiger charge is -2.24. The van der Waals surface area contributed by atoms with Crippen LogP contribution in [0, 0.1) is 0 Å². The summed E-state index contributed by atoms with van der Waals surface area (Å²) in [5.74, 6) is 1.27. The summed E-state index contributed by atoms with van der Waals surface area (Å²) in [7, 11) is 4.23. The lowest BCUT2D eigenvalue weighted by atomic mass is 10.0. The van der Waals surface area contributed by atoms with Gasteiger partial charge in [-0.1, -0.05) is 0 Å². The zero-order valence-corrected chi connectivity index (χ0v) is 10.0. The Kier molecular flexibility index (Phi) is 3.10. The molecule has 0 saturated carbocycles. The zero-order chi connectivity index (χ0) is 10.8. The molecule has 0 spiro atoms. The largest absolute Gasteiger partial charge is 0.329 e. The Labute approximate surface area is 92.1 Å². The smallest absolute Gasteiger partial charge is 0.110 e. The highest BCUT2D eigenvalue weighted by Crippen LogP contribution is 2.26. The van der Waals surface area contributed by atoms with Gasteiger partial charge in [-0.2, -0.15) is 0 Å². The van der Waals surface area contributed by atoms with Gasteiger partial charge >= 0.3 is 0 Å². The summed E-state index contributed by atoms with van der Waals surface area (Å²) in [4.78, 5) is 6.77. The standard InChI is InChI=1S/C12H21N3/c1-10-5-4-6-11-9-13-12(15(10)11)7-8-14(2)3/h9-10H,4-8H2,1-3H3. The van der Waals surface area contributed by atoms with Crippen LogP contribution in [-0.2, 0) is 12.8 Å². The lowest BCUT2D eigenvalue weighted by molar-refractivity contribution is 0.384. The van der Waals surface area contributed by atoms with Crippen molar-refractivity contribution in [1.29, 1.82) is 0 Å². The van der Waals surface area contributed by atoms with Crippen LogP contribution in [-0.4, -0.2) is 35.1 Å². The van der Waals surface area contributed by atoms with E-state index in [-0.39, 0.29) is 0 Å². The first-order chi connectivity index (χ1) is 7.18. The Morgan fingerprint density at radius 2 is 2.33 bits per heavy atom. The van der Waals surface area contributed by atoms with Gasteiger partial charge in [-0.25, -0.2) is 4.98 Å². The van der Waals surface area contributed by atoms with Crippen LogP contribution in [0.5, 0.6) is 0 Å². The van der Waals surface area contributed by atoms with Gasteiger partial charge in [0, 0.05) is 30.9 Å². The molecule has 0 N–H and O–H groups in total. The molecule has 1 aromatic rings. The van der Waals surface area contributed by atoms with E-state index in [2.05, 4.69) is 41.7 Å². The van der Waals surface area contributed by atoms with Gasteiger partial charge in [-0.15, -0.1) is 0 Å². The molecule has 1 aliphatic heterocycles. The van der Waals surface area contributed by atoms with Gasteiger partial charge in [-0.05, 0) is 40.3 Å². The van der Waals surface area contributed by atoms with E-state index in [4.69, 9.17) is 0 Å². The lowest BCUT2D eigenvalue weighted by Crippen LogP contribution is -2.21. The third-order valence-electron chi connectivity index (χ3n) is 3.23. The zero-order valence-electron chi connectivity index (χ0n) is 10.0. The van der Waals surface area contributed by atoms with Gasteiger partial charge < -0.3 is 9.47 Å². The molecule has 3 heteroatoms. The number of fused-ring (bicyclic) bond motifs is 1. The number of hydrogen-bond donors (Lipinski definition) is 0. The first kappa shape index (κ1) is 10.7. The Hall–Kier alpha value is -0.830. The summed E-state index contributed by atoms with van der Waals surface area (Å²) in [5, 5.41) is 0. The number of rotatable bonds is 3. The van der Waals surface area contributed by atoms with E-state index in [1.807, 2.05) is 0 Å². The molecule has 84 valence electrons. The molecule has 2 rings (SSSR count). The van der Waals surface area contributed by atoms with E-state index in [0.717, 1.165) is 13.0 Å². The maximum Gasteiger partial charge on any atom is 0.110 e. The van der Waals surface area contributed by atoms with Gasteiger partial charge in [0.15, 0.2) is 0 Å². The number of likely N-dealkylation sites (N-methyl/N-ethyl adjacent to an activating group) is 1. The first-order valence-electron chi connectivity index (χ1n) is 5.88. The number of aryl methyl sites for hydroxylation is 1. The van der Waals surface area contributed by atoms with Crippen molar-refractivity contribution in [2.24, 2.45) is 0 Å². The molecule has 1 atom stereocenters. The van der Waals surface area contributed by atoms with Crippen LogP contribution in [0.4, 0.5) is 0 Å². The van der Waals surface area contributed by atoms with Crippen molar-refractivity contribution >= 4 is 0 Å². The van der Waals surface area contributed by atoms with Crippen LogP contribution in [0.1, 0.15) is 37.3 Å². The summed E-state index contributed by atoms with van der Waals surface area (Å²) in [6.07, 6.45) is 6.97. The van der Waals surface area contributed by atoms with E-state index in [1.165, 1.54) is 30.8 Å². The molecule has 3 nitrogen and oxygen atoms in total. The van der Waals surface area contributed by atoms with Crippen molar-refractivity contribution in [1.82, 2.24) is 14.5 Å². The minimum Gasteiger partial charge on any atom is -0.329 e. The maximum absolute atomic E-state index is 4.56. The van der Waals surface area contributed by atoms with Gasteiger partial charge in [0.25, 0.3) is 0 Å². The molecule has 1 unspecified atom stereocenters. The predicted molar refractivity (Wildman–Crippen MR) is 62.1 cm³/mol. The Morgan fingerprint density at radius 3 is 3.07 bits per heavy atom. The molecule has 2 heterocycles. The fourth-order valence-electron chi connectivity index (χ4n) is 2.38. The number of imidazole rings is 1. The van der Waals surface area contributed by atoms with Crippen molar-refractivity contribution in [2.75, 3.05) is 20.6 Å². The molecule has 0 radical (unpaired) electrons. The summed E-state index contributed by atoms with van der Waals surface area (Å²) in [6.45, 7) is 3.40. The summed E-state index contributed by atoms with van der Waals surface area (Å²) >= 11 is 0. The average molecular weight is 207 g/mol. The fourth-order valence-corrected chi connectivity index (χ4v) is 2.38. The number of aromatic nitrogens is 2. The SMILES string of the molecule is CC1CCCc2cnc(CCN(C)C)n21. The molecule has 0 saturated heterocycles. The van der Waals surface area contributed by atoms with Crippen LogP contribution in [0.15, 0.2) is 6.20 Å². The quantitative estimate of drug-likeness (QED) is 0.754. The van der Waals surface area contributed by atoms with Crippen LogP contribution < -0.4 is 0 Å². The van der Waals surface area contributed by atoms with Gasteiger partial charge in [0.2, 0.25) is 0 Å². The fraction of sp³-hybridized carbons (Fsp3) is 0.750. The van der Waals surface area contributed by atoms with E-state index in [0.29, 0.717) is 6.04 Å². The van der Waals surface area contributed by atoms with Crippen LogP contribution in [0.2, 0.25) is 0 Å². The normalized spacial score (nSPS) is 20.7. The first-order valence-corrected chi connectivity index (χ1v) is 5.88. The summed E-state index contributed by atoms with van der Waals surface area (Å²) < 4.78 is 2.45. The molecule has 0 aliphatic carbocycles. The minimum atomic E-state index is 0.647. The molecule has 1 aliphatic rings. The second kappa shape index (κ2) is 4.35.